The number of carbonyl (C=O) groups is 1. The van der Waals surface area contributed by atoms with Crippen LogP contribution in [0.1, 0.15) is 28.2 Å². The Morgan fingerprint density at radius 2 is 1.69 bits per heavy atom. The highest BCUT2D eigenvalue weighted by Gasteiger charge is 2.48. The Morgan fingerprint density at radius 3 is 2.28 bits per heavy atom. The van der Waals surface area contributed by atoms with Gasteiger partial charge in [-0.05, 0) is 40.9 Å². The molecule has 6 rings (SSSR count). The zero-order valence-corrected chi connectivity index (χ0v) is 19.4. The van der Waals surface area contributed by atoms with E-state index in [0.29, 0.717) is 15.7 Å². The summed E-state index contributed by atoms with van der Waals surface area (Å²) in [4.78, 5) is 14.3. The van der Waals surface area contributed by atoms with Crippen LogP contribution in [0, 0.1) is 17.8 Å². The number of esters is 1. The second-order valence-corrected chi connectivity index (χ2v) is 10.6. The number of hydrogen-bond donors (Lipinski definition) is 0. The average molecular weight is 464 g/mol. The zero-order chi connectivity index (χ0) is 22.0. The van der Waals surface area contributed by atoms with Gasteiger partial charge in [0.2, 0.25) is 0 Å². The van der Waals surface area contributed by atoms with Gasteiger partial charge in [-0.3, -0.25) is 4.79 Å². The molecule has 1 aromatic carbocycles. The fourth-order valence-electron chi connectivity index (χ4n) is 4.91. The van der Waals surface area contributed by atoms with Crippen molar-refractivity contribution in [3.05, 3.63) is 80.7 Å². The Labute approximate surface area is 196 Å². The number of nitrogens with zero attached hydrogens (tertiary/aromatic N) is 1. The Bertz CT molecular complexity index is 1070. The summed E-state index contributed by atoms with van der Waals surface area (Å²) in [6, 6.07) is 17.1. The van der Waals surface area contributed by atoms with Crippen molar-refractivity contribution in [1.82, 2.24) is 0 Å². The lowest BCUT2D eigenvalue weighted by Gasteiger charge is -2.51. The van der Waals surface area contributed by atoms with Gasteiger partial charge in [-0.2, -0.15) is 0 Å². The van der Waals surface area contributed by atoms with Crippen LogP contribution in [-0.2, 0) is 15.1 Å². The molecule has 32 heavy (non-hydrogen) atoms. The second kappa shape index (κ2) is 8.84. The van der Waals surface area contributed by atoms with Crippen molar-refractivity contribution in [2.45, 2.75) is 24.5 Å². The van der Waals surface area contributed by atoms with E-state index in [4.69, 9.17) is 4.74 Å². The van der Waals surface area contributed by atoms with Crippen molar-refractivity contribution in [2.24, 2.45) is 5.92 Å². The van der Waals surface area contributed by atoms with Crippen LogP contribution in [0.15, 0.2) is 65.4 Å². The lowest BCUT2D eigenvalue weighted by Crippen LogP contribution is -2.65. The first kappa shape index (κ1) is 21.4. The van der Waals surface area contributed by atoms with E-state index >= 15 is 0 Å². The molecular weight excluding hydrogens is 438 g/mol. The first-order valence-electron chi connectivity index (χ1n) is 11.0. The van der Waals surface area contributed by atoms with Crippen LogP contribution in [0.2, 0.25) is 0 Å². The molecule has 164 valence electrons. The minimum Gasteiger partial charge on any atom is -0.833 e. The van der Waals surface area contributed by atoms with Crippen LogP contribution >= 0.6 is 22.7 Å². The number of carbonyl (C=O) groups excluding carboxylic acids is 1. The molecule has 0 N–H and O–H groups in total. The van der Waals surface area contributed by atoms with E-state index in [1.165, 1.54) is 22.7 Å². The van der Waals surface area contributed by atoms with Crippen molar-refractivity contribution in [3.63, 3.8) is 0 Å². The normalized spacial score (nSPS) is 24.5. The molecule has 4 nitrogen and oxygen atoms in total. The molecule has 2 aromatic heterocycles. The molecule has 3 saturated heterocycles. The Balaban J connectivity index is 1.33. The topological polar surface area (TPSA) is 49.4 Å². The van der Waals surface area contributed by atoms with Gasteiger partial charge in [-0.25, -0.2) is 0 Å². The highest BCUT2D eigenvalue weighted by Crippen LogP contribution is 2.39. The molecule has 0 spiro atoms. The number of quaternary nitrogens is 1. The summed E-state index contributed by atoms with van der Waals surface area (Å²) in [5.74, 6) is 6.28. The fourth-order valence-corrected chi connectivity index (χ4v) is 6.61. The SMILES string of the molecule is O=C(OC1C[N+]2(CC#Cc3ccccc3)CCC1CC2)C([O-])(c1cccs1)c1cccs1. The molecule has 0 radical (unpaired) electrons. The van der Waals surface area contributed by atoms with E-state index in [1.54, 1.807) is 12.1 Å². The zero-order valence-electron chi connectivity index (χ0n) is 17.7. The first-order valence-corrected chi connectivity index (χ1v) is 12.7. The van der Waals surface area contributed by atoms with Gasteiger partial charge in [0, 0.05) is 34.1 Å². The van der Waals surface area contributed by atoms with Crippen molar-refractivity contribution < 1.29 is 19.1 Å². The van der Waals surface area contributed by atoms with E-state index in [2.05, 4.69) is 11.8 Å². The van der Waals surface area contributed by atoms with Crippen molar-refractivity contribution >= 4 is 28.6 Å². The largest absolute Gasteiger partial charge is 0.833 e. The number of fused-ring (bicyclic) bond motifs is 3. The third-order valence-corrected chi connectivity index (χ3v) is 8.69. The third-order valence-electron chi connectivity index (χ3n) is 6.74. The van der Waals surface area contributed by atoms with Gasteiger partial charge in [0.25, 0.3) is 0 Å². The van der Waals surface area contributed by atoms with Crippen LogP contribution in [0.5, 0.6) is 0 Å². The highest BCUT2D eigenvalue weighted by molar-refractivity contribution is 7.12. The Kier molecular flexibility index (Phi) is 5.92. The molecule has 2 bridgehead atoms. The maximum absolute atomic E-state index is 13.9. The van der Waals surface area contributed by atoms with Gasteiger partial charge in [0.1, 0.15) is 13.1 Å². The Hall–Kier alpha value is -2.43. The smallest absolute Gasteiger partial charge is 0.306 e. The van der Waals surface area contributed by atoms with Crippen LogP contribution in [-0.4, -0.2) is 42.7 Å². The average Bonchev–Trinajstić information content (AvgIpc) is 3.55. The summed E-state index contributed by atoms with van der Waals surface area (Å²) in [6.07, 6.45) is 1.79. The number of hydrogen-bond acceptors (Lipinski definition) is 5. The predicted molar refractivity (Wildman–Crippen MR) is 125 cm³/mol. The molecule has 6 heteroatoms. The molecule has 3 fully saturated rings. The lowest BCUT2D eigenvalue weighted by atomic mass is 9.83. The second-order valence-electron chi connectivity index (χ2n) is 8.71. The molecular formula is C26H25NO3S2. The monoisotopic (exact) mass is 463 g/mol. The maximum atomic E-state index is 13.9. The van der Waals surface area contributed by atoms with Crippen LogP contribution < -0.4 is 5.11 Å². The number of benzene rings is 1. The van der Waals surface area contributed by atoms with Gasteiger partial charge in [-0.15, -0.1) is 22.7 Å². The van der Waals surface area contributed by atoms with Gasteiger partial charge >= 0.3 is 5.97 Å². The van der Waals surface area contributed by atoms with Gasteiger partial charge < -0.3 is 14.3 Å². The predicted octanol–water partition coefficient (Wildman–Crippen LogP) is 3.62. The number of thiophene rings is 2. The van der Waals surface area contributed by atoms with E-state index in [0.717, 1.165) is 49.1 Å². The fraction of sp³-hybridized carbons (Fsp3) is 0.346. The molecule has 0 saturated carbocycles. The minimum atomic E-state index is -1.99. The van der Waals surface area contributed by atoms with E-state index < -0.39 is 11.6 Å². The lowest BCUT2D eigenvalue weighted by molar-refractivity contribution is -0.939. The number of ether oxygens (including phenoxy) is 1. The molecule has 1 unspecified atom stereocenters. The summed E-state index contributed by atoms with van der Waals surface area (Å²) >= 11 is 2.63. The molecule has 3 aromatic rings. The van der Waals surface area contributed by atoms with Gasteiger partial charge in [-0.1, -0.05) is 36.3 Å². The van der Waals surface area contributed by atoms with Crippen LogP contribution in [0.4, 0.5) is 0 Å². The summed E-state index contributed by atoms with van der Waals surface area (Å²) in [5, 5.41) is 17.6. The minimum absolute atomic E-state index is 0.225. The summed E-state index contributed by atoms with van der Waals surface area (Å²) in [7, 11) is 0. The third kappa shape index (κ3) is 4.02. The highest BCUT2D eigenvalue weighted by atomic mass is 32.1. The molecule has 5 heterocycles. The van der Waals surface area contributed by atoms with E-state index in [-0.39, 0.29) is 6.10 Å². The maximum Gasteiger partial charge on any atom is 0.306 e. The van der Waals surface area contributed by atoms with Crippen molar-refractivity contribution in [3.8, 4) is 11.8 Å². The first-order chi connectivity index (χ1) is 15.6. The van der Waals surface area contributed by atoms with Crippen molar-refractivity contribution in [1.29, 1.82) is 0 Å². The van der Waals surface area contributed by atoms with E-state index in [9.17, 15) is 9.90 Å². The summed E-state index contributed by atoms with van der Waals surface area (Å²) in [6.45, 7) is 3.60. The molecule has 0 amide bonds. The van der Waals surface area contributed by atoms with E-state index in [1.807, 2.05) is 53.2 Å². The quantitative estimate of drug-likeness (QED) is 0.330. The Morgan fingerprint density at radius 1 is 1.03 bits per heavy atom. The molecule has 0 aliphatic carbocycles. The van der Waals surface area contributed by atoms with Crippen LogP contribution in [0.25, 0.3) is 0 Å². The number of rotatable bonds is 5. The van der Waals surface area contributed by atoms with Gasteiger partial charge in [0.15, 0.2) is 6.10 Å². The molecule has 1 atom stereocenters. The summed E-state index contributed by atoms with van der Waals surface area (Å²) in [5.41, 5.74) is -0.977. The summed E-state index contributed by atoms with van der Waals surface area (Å²) < 4.78 is 6.87. The molecule has 3 aliphatic heterocycles. The number of piperidine rings is 3. The van der Waals surface area contributed by atoms with Crippen LogP contribution in [0.3, 0.4) is 0 Å². The molecule has 3 aliphatic rings. The standard InChI is InChI=1S/C26H25NO3S2/c28-25(26(29,23-10-5-17-31-23)24-11-6-18-32-24)30-22-19-27(15-12-21(22)13-16-27)14-4-9-20-7-2-1-3-8-20/h1-3,5-8,10-11,17-18,21-22H,12-16,19H2. The van der Waals surface area contributed by atoms with Gasteiger partial charge in [0.05, 0.1) is 18.7 Å². The van der Waals surface area contributed by atoms with Crippen molar-refractivity contribution in [2.75, 3.05) is 26.2 Å².